The first-order valence-corrected chi connectivity index (χ1v) is 7.11. The van der Waals surface area contributed by atoms with Gasteiger partial charge in [0.25, 0.3) is 0 Å². The van der Waals surface area contributed by atoms with Crippen molar-refractivity contribution in [1.29, 1.82) is 0 Å². The second-order valence-electron chi connectivity index (χ2n) is 5.16. The van der Waals surface area contributed by atoms with Crippen LogP contribution in [0.5, 0.6) is 5.75 Å². The fourth-order valence-electron chi connectivity index (χ4n) is 2.39. The molecule has 6 nitrogen and oxygen atoms in total. The van der Waals surface area contributed by atoms with E-state index in [9.17, 15) is 9.90 Å². The van der Waals surface area contributed by atoms with Crippen LogP contribution in [-0.2, 0) is 11.3 Å². The third kappa shape index (κ3) is 4.09. The molecule has 1 aromatic rings. The number of aliphatic hydroxyl groups is 2. The Morgan fingerprint density at radius 1 is 1.48 bits per heavy atom. The topological polar surface area (TPSA) is 82.0 Å². The molecule has 116 valence electrons. The lowest BCUT2D eigenvalue weighted by Crippen LogP contribution is -2.25. The average molecular weight is 294 g/mol. The van der Waals surface area contributed by atoms with Gasteiger partial charge < -0.3 is 25.2 Å². The van der Waals surface area contributed by atoms with E-state index in [1.807, 2.05) is 23.1 Å². The largest absolute Gasteiger partial charge is 0.496 e. The van der Waals surface area contributed by atoms with Crippen molar-refractivity contribution in [3.05, 3.63) is 23.8 Å². The lowest BCUT2D eigenvalue weighted by atomic mass is 10.1. The van der Waals surface area contributed by atoms with Crippen LogP contribution in [-0.4, -0.2) is 53.9 Å². The van der Waals surface area contributed by atoms with Gasteiger partial charge in [0.05, 0.1) is 19.8 Å². The SMILES string of the molecule is COc1ccc(NCC(O)CO)cc1CN1CCCC1=O. The van der Waals surface area contributed by atoms with Crippen molar-refractivity contribution in [2.45, 2.75) is 25.5 Å². The number of carbonyl (C=O) groups excluding carboxylic acids is 1. The molecule has 1 unspecified atom stereocenters. The first kappa shape index (κ1) is 15.6. The van der Waals surface area contributed by atoms with Gasteiger partial charge in [0.2, 0.25) is 5.91 Å². The summed E-state index contributed by atoms with van der Waals surface area (Å²) in [6.45, 7) is 1.30. The van der Waals surface area contributed by atoms with Gasteiger partial charge in [-0.05, 0) is 24.6 Å². The highest BCUT2D eigenvalue weighted by Gasteiger charge is 2.21. The molecule has 0 aliphatic carbocycles. The van der Waals surface area contributed by atoms with Crippen LogP contribution in [0.1, 0.15) is 18.4 Å². The minimum Gasteiger partial charge on any atom is -0.496 e. The number of benzene rings is 1. The maximum Gasteiger partial charge on any atom is 0.222 e. The molecule has 1 amide bonds. The number of carbonyl (C=O) groups is 1. The van der Waals surface area contributed by atoms with Crippen LogP contribution >= 0.6 is 0 Å². The molecular weight excluding hydrogens is 272 g/mol. The lowest BCUT2D eigenvalue weighted by molar-refractivity contribution is -0.128. The Balaban J connectivity index is 2.08. The van der Waals surface area contributed by atoms with Gasteiger partial charge in [0, 0.05) is 37.3 Å². The average Bonchev–Trinajstić information content (AvgIpc) is 2.90. The lowest BCUT2D eigenvalue weighted by Gasteiger charge is -2.19. The normalized spacial score (nSPS) is 16.1. The van der Waals surface area contributed by atoms with Crippen LogP contribution < -0.4 is 10.1 Å². The molecule has 1 saturated heterocycles. The standard InChI is InChI=1S/C15H22N2O4/c1-21-14-5-4-12(16-8-13(19)10-18)7-11(14)9-17-6-2-3-15(17)20/h4-5,7,13,16,18-19H,2-3,6,8-10H2,1H3. The molecule has 6 heteroatoms. The van der Waals surface area contributed by atoms with Crippen LogP contribution in [0.2, 0.25) is 0 Å². The quantitative estimate of drug-likeness (QED) is 0.685. The summed E-state index contributed by atoms with van der Waals surface area (Å²) in [5, 5.41) is 21.2. The smallest absolute Gasteiger partial charge is 0.222 e. The van der Waals surface area contributed by atoms with Crippen LogP contribution in [0.4, 0.5) is 5.69 Å². The molecule has 0 aromatic heterocycles. The fourth-order valence-corrected chi connectivity index (χ4v) is 2.39. The summed E-state index contributed by atoms with van der Waals surface area (Å²) in [5.41, 5.74) is 1.75. The Bertz CT molecular complexity index is 493. The van der Waals surface area contributed by atoms with Gasteiger partial charge in [0.15, 0.2) is 0 Å². The fraction of sp³-hybridized carbons (Fsp3) is 0.533. The van der Waals surface area contributed by atoms with Crippen molar-refractivity contribution in [3.63, 3.8) is 0 Å². The first-order chi connectivity index (χ1) is 10.1. The van der Waals surface area contributed by atoms with E-state index in [0.29, 0.717) is 13.0 Å². The number of aliphatic hydroxyl groups excluding tert-OH is 2. The second-order valence-corrected chi connectivity index (χ2v) is 5.16. The number of rotatable bonds is 7. The molecule has 1 aromatic carbocycles. The van der Waals surface area contributed by atoms with Crippen molar-refractivity contribution in [2.24, 2.45) is 0 Å². The molecule has 3 N–H and O–H groups in total. The number of hydrogen-bond donors (Lipinski definition) is 3. The van der Waals surface area contributed by atoms with Crippen LogP contribution in [0.15, 0.2) is 18.2 Å². The number of likely N-dealkylation sites (tertiary alicyclic amines) is 1. The van der Waals surface area contributed by atoms with Crippen LogP contribution in [0, 0.1) is 0 Å². The summed E-state index contributed by atoms with van der Waals surface area (Å²) in [6, 6.07) is 5.59. The molecule has 0 saturated carbocycles. The summed E-state index contributed by atoms with van der Waals surface area (Å²) < 4.78 is 5.34. The third-order valence-electron chi connectivity index (χ3n) is 3.57. The monoisotopic (exact) mass is 294 g/mol. The van der Waals surface area contributed by atoms with E-state index in [4.69, 9.17) is 9.84 Å². The zero-order valence-corrected chi connectivity index (χ0v) is 12.2. The van der Waals surface area contributed by atoms with Crippen molar-refractivity contribution >= 4 is 11.6 Å². The molecular formula is C15H22N2O4. The molecule has 2 rings (SSSR count). The number of nitrogens with one attached hydrogen (secondary N) is 1. The minimum absolute atomic E-state index is 0.172. The molecule has 1 aliphatic rings. The predicted molar refractivity (Wildman–Crippen MR) is 79.2 cm³/mol. The molecule has 0 radical (unpaired) electrons. The third-order valence-corrected chi connectivity index (χ3v) is 3.57. The van der Waals surface area contributed by atoms with Crippen molar-refractivity contribution in [2.75, 3.05) is 32.1 Å². The van der Waals surface area contributed by atoms with Gasteiger partial charge in [-0.1, -0.05) is 0 Å². The number of hydrogen-bond acceptors (Lipinski definition) is 5. The summed E-state index contributed by atoms with van der Waals surface area (Å²) in [5.74, 6) is 0.911. The maximum atomic E-state index is 11.7. The Morgan fingerprint density at radius 2 is 2.29 bits per heavy atom. The molecule has 1 heterocycles. The summed E-state index contributed by atoms with van der Waals surface area (Å²) in [6.07, 6.45) is 0.723. The number of ether oxygens (including phenoxy) is 1. The highest BCUT2D eigenvalue weighted by Crippen LogP contribution is 2.25. The van der Waals surface area contributed by atoms with Crippen LogP contribution in [0.25, 0.3) is 0 Å². The van der Waals surface area contributed by atoms with E-state index in [2.05, 4.69) is 5.32 Å². The zero-order valence-electron chi connectivity index (χ0n) is 12.2. The summed E-state index contributed by atoms with van der Waals surface area (Å²) >= 11 is 0. The second kappa shape index (κ2) is 7.28. The van der Waals surface area contributed by atoms with E-state index < -0.39 is 6.10 Å². The van der Waals surface area contributed by atoms with Gasteiger partial charge >= 0.3 is 0 Å². The molecule has 1 fully saturated rings. The highest BCUT2D eigenvalue weighted by atomic mass is 16.5. The van der Waals surface area contributed by atoms with Crippen molar-refractivity contribution in [1.82, 2.24) is 4.90 Å². The number of amides is 1. The first-order valence-electron chi connectivity index (χ1n) is 7.11. The van der Waals surface area contributed by atoms with Gasteiger partial charge in [-0.2, -0.15) is 0 Å². The minimum atomic E-state index is -0.796. The zero-order chi connectivity index (χ0) is 15.2. The van der Waals surface area contributed by atoms with E-state index >= 15 is 0 Å². The molecule has 21 heavy (non-hydrogen) atoms. The van der Waals surface area contributed by atoms with Crippen molar-refractivity contribution in [3.8, 4) is 5.75 Å². The molecule has 1 atom stereocenters. The predicted octanol–water partition coefficient (Wildman–Crippen LogP) is 0.583. The maximum absolute atomic E-state index is 11.7. The van der Waals surface area contributed by atoms with E-state index in [0.717, 1.165) is 30.0 Å². The van der Waals surface area contributed by atoms with Gasteiger partial charge in [0.1, 0.15) is 5.75 Å². The van der Waals surface area contributed by atoms with Gasteiger partial charge in [-0.15, -0.1) is 0 Å². The Kier molecular flexibility index (Phi) is 5.41. The number of methoxy groups -OCH3 is 1. The van der Waals surface area contributed by atoms with Crippen LogP contribution in [0.3, 0.4) is 0 Å². The van der Waals surface area contributed by atoms with Gasteiger partial charge in [-0.3, -0.25) is 4.79 Å². The number of nitrogens with zero attached hydrogens (tertiary/aromatic N) is 1. The Labute approximate surface area is 124 Å². The Hall–Kier alpha value is -1.79. The van der Waals surface area contributed by atoms with Crippen molar-refractivity contribution < 1.29 is 19.7 Å². The summed E-state index contributed by atoms with van der Waals surface area (Å²) in [4.78, 5) is 13.5. The Morgan fingerprint density at radius 3 is 2.90 bits per heavy atom. The van der Waals surface area contributed by atoms with E-state index in [1.165, 1.54) is 0 Å². The molecule has 1 aliphatic heterocycles. The summed E-state index contributed by atoms with van der Waals surface area (Å²) in [7, 11) is 1.60. The van der Waals surface area contributed by atoms with E-state index in [-0.39, 0.29) is 19.1 Å². The number of anilines is 1. The molecule has 0 bridgehead atoms. The highest BCUT2D eigenvalue weighted by molar-refractivity contribution is 5.78. The molecule has 0 spiro atoms. The van der Waals surface area contributed by atoms with Gasteiger partial charge in [-0.25, -0.2) is 0 Å². The van der Waals surface area contributed by atoms with E-state index in [1.54, 1.807) is 7.11 Å².